The molecule has 80 valence electrons. The van der Waals surface area contributed by atoms with Gasteiger partial charge in [-0.2, -0.15) is 5.26 Å². The summed E-state index contributed by atoms with van der Waals surface area (Å²) in [7, 11) is 0. The molecule has 0 bridgehead atoms. The minimum absolute atomic E-state index is 0.424. The first-order valence-electron chi connectivity index (χ1n) is 4.41. The van der Waals surface area contributed by atoms with Crippen molar-refractivity contribution in [3.05, 3.63) is 23.7 Å². The number of aryl methyl sites for hydroxylation is 1. The predicted molar refractivity (Wildman–Crippen MR) is 58.6 cm³/mol. The number of nitrogens with one attached hydrogen (secondary N) is 1. The van der Waals surface area contributed by atoms with Crippen LogP contribution >= 0.6 is 11.8 Å². The fraction of sp³-hybridized carbons (Fsp3) is 0.111. The van der Waals surface area contributed by atoms with E-state index in [9.17, 15) is 0 Å². The Kier molecular flexibility index (Phi) is 2.74. The van der Waals surface area contributed by atoms with E-state index in [1.807, 2.05) is 6.07 Å². The number of rotatable bonds is 2. The average molecular weight is 232 g/mol. The monoisotopic (exact) mass is 232 g/mol. The number of anilines is 1. The van der Waals surface area contributed by atoms with Crippen LogP contribution in [0.2, 0.25) is 0 Å². The minimum Gasteiger partial charge on any atom is -0.397 e. The van der Waals surface area contributed by atoms with Gasteiger partial charge in [0.2, 0.25) is 5.16 Å². The van der Waals surface area contributed by atoms with Crippen molar-refractivity contribution in [3.63, 3.8) is 0 Å². The predicted octanol–water partition coefficient (Wildman–Crippen LogP) is 1.11. The van der Waals surface area contributed by atoms with Crippen LogP contribution in [0.4, 0.5) is 5.69 Å². The molecule has 0 amide bonds. The van der Waals surface area contributed by atoms with Crippen molar-refractivity contribution in [2.75, 3.05) is 5.73 Å². The first-order chi connectivity index (χ1) is 7.69. The largest absolute Gasteiger partial charge is 0.397 e. The first-order valence-corrected chi connectivity index (χ1v) is 5.23. The first kappa shape index (κ1) is 10.4. The highest BCUT2D eigenvalue weighted by atomic mass is 32.2. The quantitative estimate of drug-likeness (QED) is 0.803. The molecule has 3 N–H and O–H groups in total. The zero-order valence-electron chi connectivity index (χ0n) is 8.43. The maximum Gasteiger partial charge on any atom is 0.214 e. The lowest BCUT2D eigenvalue weighted by Crippen LogP contribution is -1.92. The molecule has 0 aromatic carbocycles. The van der Waals surface area contributed by atoms with Crippen molar-refractivity contribution in [3.8, 4) is 6.07 Å². The standard InChI is InChI=1S/C9H8N6S/c1-5-13-9(15-14-5)16-8-6(3-10)2-7(11)4-12-8/h2,4H,11H2,1H3,(H,13,14,15). The summed E-state index contributed by atoms with van der Waals surface area (Å²) in [6.45, 7) is 1.80. The van der Waals surface area contributed by atoms with Crippen molar-refractivity contribution in [1.82, 2.24) is 20.2 Å². The Morgan fingerprint density at radius 2 is 2.38 bits per heavy atom. The lowest BCUT2D eigenvalue weighted by Gasteiger charge is -1.99. The van der Waals surface area contributed by atoms with Gasteiger partial charge in [-0.05, 0) is 24.8 Å². The molecule has 0 saturated heterocycles. The molecule has 0 saturated carbocycles. The Bertz CT molecular complexity index is 555. The van der Waals surface area contributed by atoms with Crippen molar-refractivity contribution < 1.29 is 0 Å². The van der Waals surface area contributed by atoms with Crippen LogP contribution in [0.3, 0.4) is 0 Å². The van der Waals surface area contributed by atoms with Crippen molar-refractivity contribution >= 4 is 17.4 Å². The maximum atomic E-state index is 8.92. The summed E-state index contributed by atoms with van der Waals surface area (Å²) in [5.74, 6) is 0.719. The van der Waals surface area contributed by atoms with E-state index in [1.54, 1.807) is 13.0 Å². The van der Waals surface area contributed by atoms with Crippen LogP contribution in [0.25, 0.3) is 0 Å². The Labute approximate surface area is 95.9 Å². The number of hydrogen-bond acceptors (Lipinski definition) is 6. The third kappa shape index (κ3) is 2.12. The number of aromatic nitrogens is 4. The number of nitrogens with zero attached hydrogens (tertiary/aromatic N) is 4. The van der Waals surface area contributed by atoms with Gasteiger partial charge in [0.1, 0.15) is 16.9 Å². The topological polar surface area (TPSA) is 104 Å². The number of hydrogen-bond donors (Lipinski definition) is 2. The molecule has 0 aliphatic heterocycles. The highest BCUT2D eigenvalue weighted by Crippen LogP contribution is 2.26. The van der Waals surface area contributed by atoms with Crippen LogP contribution in [0, 0.1) is 18.3 Å². The molecule has 0 unspecified atom stereocenters. The van der Waals surface area contributed by atoms with Gasteiger partial charge in [0.05, 0.1) is 17.4 Å². The second-order valence-electron chi connectivity index (χ2n) is 3.04. The maximum absolute atomic E-state index is 8.92. The Morgan fingerprint density at radius 1 is 1.56 bits per heavy atom. The smallest absolute Gasteiger partial charge is 0.214 e. The van der Waals surface area contributed by atoms with E-state index < -0.39 is 0 Å². The number of pyridine rings is 1. The summed E-state index contributed by atoms with van der Waals surface area (Å²) < 4.78 is 0. The minimum atomic E-state index is 0.424. The molecule has 2 heterocycles. The highest BCUT2D eigenvalue weighted by Gasteiger charge is 2.09. The van der Waals surface area contributed by atoms with Gasteiger partial charge in [0.25, 0.3) is 0 Å². The summed E-state index contributed by atoms with van der Waals surface area (Å²) in [6, 6.07) is 3.61. The molecule has 2 aromatic rings. The van der Waals surface area contributed by atoms with Crippen molar-refractivity contribution in [2.24, 2.45) is 0 Å². The molecule has 0 spiro atoms. The van der Waals surface area contributed by atoms with E-state index in [2.05, 4.69) is 20.2 Å². The molecular weight excluding hydrogens is 224 g/mol. The Hall–Kier alpha value is -2.07. The van der Waals surface area contributed by atoms with Crippen LogP contribution < -0.4 is 5.73 Å². The lowest BCUT2D eigenvalue weighted by atomic mass is 10.3. The lowest BCUT2D eigenvalue weighted by molar-refractivity contribution is 0.963. The van der Waals surface area contributed by atoms with Crippen molar-refractivity contribution in [2.45, 2.75) is 17.1 Å². The zero-order chi connectivity index (χ0) is 11.5. The second-order valence-corrected chi connectivity index (χ2v) is 3.99. The van der Waals surface area contributed by atoms with Gasteiger partial charge in [0.15, 0.2) is 0 Å². The van der Waals surface area contributed by atoms with E-state index in [0.717, 1.165) is 5.82 Å². The molecule has 0 radical (unpaired) electrons. The SMILES string of the molecule is Cc1nc(Sc2ncc(N)cc2C#N)n[nH]1. The van der Waals surface area contributed by atoms with Gasteiger partial charge in [-0.3, -0.25) is 5.10 Å². The molecule has 0 aliphatic carbocycles. The number of nitrogen functional groups attached to an aromatic ring is 1. The van der Waals surface area contributed by atoms with Gasteiger partial charge in [-0.1, -0.05) is 0 Å². The van der Waals surface area contributed by atoms with Gasteiger partial charge < -0.3 is 5.73 Å². The number of aromatic amines is 1. The third-order valence-corrected chi connectivity index (χ3v) is 2.64. The van der Waals surface area contributed by atoms with Crippen LogP contribution in [0.5, 0.6) is 0 Å². The number of nitrogens with two attached hydrogens (primary N) is 1. The summed E-state index contributed by atoms with van der Waals surface area (Å²) in [6.07, 6.45) is 1.50. The summed E-state index contributed by atoms with van der Waals surface area (Å²) >= 11 is 1.23. The Balaban J connectivity index is 2.31. The van der Waals surface area contributed by atoms with Gasteiger partial charge in [-0.25, -0.2) is 9.97 Å². The molecule has 0 atom stereocenters. The molecule has 0 fully saturated rings. The van der Waals surface area contributed by atoms with E-state index >= 15 is 0 Å². The van der Waals surface area contributed by atoms with Crippen LogP contribution in [-0.4, -0.2) is 20.2 Å². The zero-order valence-corrected chi connectivity index (χ0v) is 9.25. The molecule has 2 aromatic heterocycles. The number of H-pyrrole nitrogens is 1. The van der Waals surface area contributed by atoms with E-state index in [-0.39, 0.29) is 0 Å². The van der Waals surface area contributed by atoms with Crippen LogP contribution in [0.15, 0.2) is 22.4 Å². The van der Waals surface area contributed by atoms with Crippen LogP contribution in [-0.2, 0) is 0 Å². The van der Waals surface area contributed by atoms with E-state index in [0.29, 0.717) is 21.4 Å². The summed E-state index contributed by atoms with van der Waals surface area (Å²) in [4.78, 5) is 8.19. The highest BCUT2D eigenvalue weighted by molar-refractivity contribution is 7.99. The van der Waals surface area contributed by atoms with Gasteiger partial charge in [-0.15, -0.1) is 5.10 Å². The second kappa shape index (κ2) is 4.20. The molecule has 7 heteroatoms. The van der Waals surface area contributed by atoms with E-state index in [4.69, 9.17) is 11.0 Å². The number of nitriles is 1. The molecule has 0 aliphatic rings. The Morgan fingerprint density at radius 3 is 3.00 bits per heavy atom. The third-order valence-electron chi connectivity index (χ3n) is 1.76. The van der Waals surface area contributed by atoms with Crippen LogP contribution in [0.1, 0.15) is 11.4 Å². The van der Waals surface area contributed by atoms with E-state index in [1.165, 1.54) is 18.0 Å². The normalized spacial score (nSPS) is 10.0. The summed E-state index contributed by atoms with van der Waals surface area (Å²) in [5, 5.41) is 16.7. The summed E-state index contributed by atoms with van der Waals surface area (Å²) in [5.41, 5.74) is 6.43. The van der Waals surface area contributed by atoms with Gasteiger partial charge in [0, 0.05) is 0 Å². The van der Waals surface area contributed by atoms with Crippen molar-refractivity contribution in [1.29, 1.82) is 5.26 Å². The average Bonchev–Trinajstić information content (AvgIpc) is 2.67. The fourth-order valence-corrected chi connectivity index (χ4v) is 1.85. The molecule has 16 heavy (non-hydrogen) atoms. The molecule has 2 rings (SSSR count). The molecule has 6 nitrogen and oxygen atoms in total. The molecular formula is C9H8N6S. The fourth-order valence-electron chi connectivity index (χ4n) is 1.08. The van der Waals surface area contributed by atoms with Gasteiger partial charge >= 0.3 is 0 Å².